The number of rotatable bonds is 6. The van der Waals surface area contributed by atoms with Crippen molar-refractivity contribution in [2.45, 2.75) is 38.2 Å². The van der Waals surface area contributed by atoms with Crippen molar-refractivity contribution in [1.82, 2.24) is 15.1 Å². The summed E-state index contributed by atoms with van der Waals surface area (Å²) in [4.78, 5) is 42.0. The van der Waals surface area contributed by atoms with Gasteiger partial charge in [0, 0.05) is 38.5 Å². The first-order chi connectivity index (χ1) is 16.5. The Morgan fingerprint density at radius 1 is 1.06 bits per heavy atom. The van der Waals surface area contributed by atoms with Crippen molar-refractivity contribution >= 4 is 23.5 Å². The van der Waals surface area contributed by atoms with Gasteiger partial charge in [0.05, 0.1) is 0 Å². The molecule has 0 aliphatic carbocycles. The van der Waals surface area contributed by atoms with Crippen LogP contribution in [0, 0.1) is 5.82 Å². The van der Waals surface area contributed by atoms with E-state index >= 15 is 0 Å². The van der Waals surface area contributed by atoms with E-state index in [2.05, 4.69) is 10.6 Å². The summed E-state index contributed by atoms with van der Waals surface area (Å²) in [6.45, 7) is 1.42. The Balaban J connectivity index is 1.51. The van der Waals surface area contributed by atoms with E-state index in [1.165, 1.54) is 28.0 Å². The van der Waals surface area contributed by atoms with Crippen molar-refractivity contribution in [1.29, 1.82) is 0 Å². The van der Waals surface area contributed by atoms with Crippen LogP contribution in [0.4, 0.5) is 14.9 Å². The fourth-order valence-corrected chi connectivity index (χ4v) is 4.22. The van der Waals surface area contributed by atoms with Crippen LogP contribution in [0.5, 0.6) is 0 Å². The SMILES string of the molecule is NCc1cccc(CNC(=O)C2N(C(=O)Nc3cccc(F)c3)CCN2C(=O)C2CCCO2)c1. The third kappa shape index (κ3) is 5.35. The minimum absolute atomic E-state index is 0.153. The first kappa shape index (κ1) is 23.7. The van der Waals surface area contributed by atoms with Crippen molar-refractivity contribution in [3.8, 4) is 0 Å². The Morgan fingerprint density at radius 2 is 1.82 bits per heavy atom. The molecule has 2 aromatic carbocycles. The first-order valence-electron chi connectivity index (χ1n) is 11.3. The van der Waals surface area contributed by atoms with Crippen LogP contribution in [0.2, 0.25) is 0 Å². The number of nitrogens with two attached hydrogens (primary N) is 1. The van der Waals surface area contributed by atoms with Crippen molar-refractivity contribution in [2.75, 3.05) is 25.0 Å². The van der Waals surface area contributed by atoms with Gasteiger partial charge in [-0.05, 0) is 42.2 Å². The molecule has 0 aromatic heterocycles. The van der Waals surface area contributed by atoms with Crippen LogP contribution in [-0.4, -0.2) is 59.6 Å². The van der Waals surface area contributed by atoms with Gasteiger partial charge in [0.15, 0.2) is 6.17 Å². The number of halogens is 1. The van der Waals surface area contributed by atoms with E-state index in [1.54, 1.807) is 6.07 Å². The summed E-state index contributed by atoms with van der Waals surface area (Å²) >= 11 is 0. The molecule has 0 spiro atoms. The molecule has 2 saturated heterocycles. The zero-order valence-electron chi connectivity index (χ0n) is 18.7. The smallest absolute Gasteiger partial charge is 0.323 e. The van der Waals surface area contributed by atoms with E-state index in [0.29, 0.717) is 19.6 Å². The Bertz CT molecular complexity index is 1060. The molecule has 0 radical (unpaired) electrons. The van der Waals surface area contributed by atoms with Gasteiger partial charge in [-0.1, -0.05) is 30.3 Å². The van der Waals surface area contributed by atoms with E-state index < -0.39 is 30.0 Å². The largest absolute Gasteiger partial charge is 0.368 e. The van der Waals surface area contributed by atoms with Gasteiger partial charge in [0.2, 0.25) is 0 Å². The topological polar surface area (TPSA) is 117 Å². The molecule has 0 bridgehead atoms. The van der Waals surface area contributed by atoms with Gasteiger partial charge in [-0.25, -0.2) is 9.18 Å². The fraction of sp³-hybridized carbons (Fsp3) is 0.375. The molecule has 4 N–H and O–H groups in total. The summed E-state index contributed by atoms with van der Waals surface area (Å²) < 4.78 is 19.1. The van der Waals surface area contributed by atoms with E-state index in [1.807, 2.05) is 24.3 Å². The molecular formula is C24H28FN5O4. The molecule has 2 aromatic rings. The Hall–Kier alpha value is -3.50. The lowest BCUT2D eigenvalue weighted by atomic mass is 10.1. The van der Waals surface area contributed by atoms with E-state index in [0.717, 1.165) is 17.5 Å². The lowest BCUT2D eigenvalue weighted by molar-refractivity contribution is -0.148. The standard InChI is InChI=1S/C24H28FN5O4/c25-18-6-2-7-19(13-18)28-24(33)30-10-9-29(23(32)20-8-3-11-34-20)22(30)21(31)27-15-17-5-1-4-16(12-17)14-26/h1-2,4-7,12-13,20,22H,3,8-11,14-15,26H2,(H,27,31)(H,28,33). The molecule has 2 atom stereocenters. The Labute approximate surface area is 197 Å². The number of benzene rings is 2. The highest BCUT2D eigenvalue weighted by Gasteiger charge is 2.45. The summed E-state index contributed by atoms with van der Waals surface area (Å²) in [7, 11) is 0. The number of amides is 4. The predicted molar refractivity (Wildman–Crippen MR) is 123 cm³/mol. The van der Waals surface area contributed by atoms with Crippen LogP contribution in [0.1, 0.15) is 24.0 Å². The average Bonchev–Trinajstić information content (AvgIpc) is 3.53. The third-order valence-corrected chi connectivity index (χ3v) is 5.93. The first-order valence-corrected chi connectivity index (χ1v) is 11.3. The third-order valence-electron chi connectivity index (χ3n) is 5.93. The van der Waals surface area contributed by atoms with Crippen molar-refractivity contribution in [2.24, 2.45) is 5.73 Å². The molecule has 4 amide bonds. The van der Waals surface area contributed by atoms with Crippen LogP contribution in [0.15, 0.2) is 48.5 Å². The van der Waals surface area contributed by atoms with Crippen LogP contribution in [-0.2, 0) is 27.4 Å². The lowest BCUT2D eigenvalue weighted by Gasteiger charge is -2.30. The number of hydrogen-bond acceptors (Lipinski definition) is 5. The van der Waals surface area contributed by atoms with Gasteiger partial charge in [0.1, 0.15) is 11.9 Å². The van der Waals surface area contributed by atoms with Gasteiger partial charge in [-0.3, -0.25) is 14.5 Å². The average molecular weight is 470 g/mol. The Morgan fingerprint density at radius 3 is 2.56 bits per heavy atom. The van der Waals surface area contributed by atoms with Crippen molar-refractivity contribution < 1.29 is 23.5 Å². The number of nitrogens with one attached hydrogen (secondary N) is 2. The number of anilines is 1. The number of ether oxygens (including phenoxy) is 1. The second-order valence-corrected chi connectivity index (χ2v) is 8.28. The zero-order valence-corrected chi connectivity index (χ0v) is 18.7. The number of hydrogen-bond donors (Lipinski definition) is 3. The predicted octanol–water partition coefficient (Wildman–Crippen LogP) is 1.78. The number of nitrogens with zero attached hydrogens (tertiary/aromatic N) is 2. The second-order valence-electron chi connectivity index (χ2n) is 8.28. The molecule has 10 heteroatoms. The van der Waals surface area contributed by atoms with Crippen LogP contribution in [0.25, 0.3) is 0 Å². The molecule has 2 heterocycles. The molecule has 0 saturated carbocycles. The van der Waals surface area contributed by atoms with Gasteiger partial charge in [0.25, 0.3) is 11.8 Å². The maximum atomic E-state index is 13.6. The summed E-state index contributed by atoms with van der Waals surface area (Å²) in [6.07, 6.45) is -0.432. The van der Waals surface area contributed by atoms with Gasteiger partial charge >= 0.3 is 6.03 Å². The normalized spacial score (nSPS) is 19.8. The molecule has 180 valence electrons. The minimum atomic E-state index is -1.15. The van der Waals surface area contributed by atoms with E-state index in [-0.39, 0.29) is 31.2 Å². The summed E-state index contributed by atoms with van der Waals surface area (Å²) in [5.41, 5.74) is 7.73. The molecule has 2 aliphatic heterocycles. The molecule has 4 rings (SSSR count). The van der Waals surface area contributed by atoms with E-state index in [9.17, 15) is 18.8 Å². The molecule has 2 unspecified atom stereocenters. The molecular weight excluding hydrogens is 441 g/mol. The number of carbonyl (C=O) groups is 3. The van der Waals surface area contributed by atoms with Gasteiger partial charge in [-0.2, -0.15) is 0 Å². The van der Waals surface area contributed by atoms with Crippen molar-refractivity contribution in [3.05, 3.63) is 65.5 Å². The van der Waals surface area contributed by atoms with Gasteiger partial charge in [-0.15, -0.1) is 0 Å². The molecule has 9 nitrogen and oxygen atoms in total. The summed E-state index contributed by atoms with van der Waals surface area (Å²) in [5.74, 6) is -1.30. The highest BCUT2D eigenvalue weighted by molar-refractivity contribution is 5.96. The highest BCUT2D eigenvalue weighted by Crippen LogP contribution is 2.23. The van der Waals surface area contributed by atoms with Crippen molar-refractivity contribution in [3.63, 3.8) is 0 Å². The quantitative estimate of drug-likeness (QED) is 0.596. The van der Waals surface area contributed by atoms with Crippen LogP contribution < -0.4 is 16.4 Å². The van der Waals surface area contributed by atoms with E-state index in [4.69, 9.17) is 10.5 Å². The second kappa shape index (κ2) is 10.6. The number of carbonyl (C=O) groups excluding carboxylic acids is 3. The monoisotopic (exact) mass is 469 g/mol. The zero-order chi connectivity index (χ0) is 24.1. The van der Waals surface area contributed by atoms with Gasteiger partial charge < -0.3 is 26.0 Å². The molecule has 2 fully saturated rings. The van der Waals surface area contributed by atoms with Crippen LogP contribution >= 0.6 is 0 Å². The summed E-state index contributed by atoms with van der Waals surface area (Å²) in [5, 5.41) is 5.44. The maximum absolute atomic E-state index is 13.6. The molecule has 2 aliphatic rings. The number of urea groups is 1. The maximum Gasteiger partial charge on any atom is 0.323 e. The van der Waals surface area contributed by atoms with Crippen LogP contribution in [0.3, 0.4) is 0 Å². The highest BCUT2D eigenvalue weighted by atomic mass is 19.1. The Kier molecular flexibility index (Phi) is 7.39. The lowest BCUT2D eigenvalue weighted by Crippen LogP contribution is -2.56. The summed E-state index contributed by atoms with van der Waals surface area (Å²) in [6, 6.07) is 12.4. The minimum Gasteiger partial charge on any atom is -0.368 e. The fourth-order valence-electron chi connectivity index (χ4n) is 4.22. The molecule has 34 heavy (non-hydrogen) atoms.